The van der Waals surface area contributed by atoms with Crippen molar-refractivity contribution in [2.75, 3.05) is 33.9 Å². The zero-order valence-corrected chi connectivity index (χ0v) is 13.8. The van der Waals surface area contributed by atoms with E-state index >= 15 is 0 Å². The first-order chi connectivity index (χ1) is 8.79. The number of nitrogens with two attached hydrogens (primary N) is 1. The van der Waals surface area contributed by atoms with Crippen LogP contribution in [0, 0.1) is 0 Å². The molecule has 0 saturated heterocycles. The number of thiocarbonyl (C=S) groups is 1. The molecule has 0 heterocycles. The van der Waals surface area contributed by atoms with E-state index in [4.69, 9.17) is 18.0 Å². The van der Waals surface area contributed by atoms with E-state index in [-0.39, 0.29) is 5.24 Å². The summed E-state index contributed by atoms with van der Waals surface area (Å²) >= 11 is 7.85. The van der Waals surface area contributed by atoms with Crippen LogP contribution in [0.25, 0.3) is 0 Å². The number of nitrogens with zero attached hydrogens (tertiary/aromatic N) is 2. The summed E-state index contributed by atoms with van der Waals surface area (Å²) in [5, 5.41) is -0.0308. The Hall–Kier alpha value is -0.920. The number of hydrogen-bond acceptors (Lipinski definition) is 5. The van der Waals surface area contributed by atoms with Gasteiger partial charge in [-0.25, -0.2) is 0 Å². The van der Waals surface area contributed by atoms with Crippen molar-refractivity contribution < 1.29 is 4.79 Å². The summed E-state index contributed by atoms with van der Waals surface area (Å²) in [4.78, 5) is 16.8. The quantitative estimate of drug-likeness (QED) is 0.514. The average molecular weight is 315 g/mol. The summed E-state index contributed by atoms with van der Waals surface area (Å²) < 4.78 is 0.750. The van der Waals surface area contributed by atoms with E-state index < -0.39 is 0 Å². The van der Waals surface area contributed by atoms with Crippen molar-refractivity contribution in [2.45, 2.75) is 9.79 Å². The van der Waals surface area contributed by atoms with Gasteiger partial charge in [-0.2, -0.15) is 0 Å². The van der Waals surface area contributed by atoms with Crippen molar-refractivity contribution in [3.8, 4) is 0 Å². The van der Waals surface area contributed by atoms with Gasteiger partial charge in [0.25, 0.3) is 5.24 Å². The predicted octanol–water partition coefficient (Wildman–Crippen LogP) is 2.98. The fraction of sp³-hybridized carbons (Fsp3) is 0.333. The molecule has 0 unspecified atom stereocenters. The molecule has 0 atom stereocenters. The SMILES string of the molecule is CN(C)C(=O)Sc1cc(N)cc(SC(=S)N(C)C)c1. The highest BCUT2D eigenvalue weighted by atomic mass is 32.2. The molecule has 0 aromatic heterocycles. The van der Waals surface area contributed by atoms with Crippen molar-refractivity contribution in [3.63, 3.8) is 0 Å². The lowest BCUT2D eigenvalue weighted by atomic mass is 10.3. The maximum Gasteiger partial charge on any atom is 0.285 e. The van der Waals surface area contributed by atoms with Crippen molar-refractivity contribution in [1.29, 1.82) is 0 Å². The van der Waals surface area contributed by atoms with Crippen molar-refractivity contribution in [1.82, 2.24) is 9.80 Å². The van der Waals surface area contributed by atoms with Gasteiger partial charge in [0.05, 0.1) is 0 Å². The highest BCUT2D eigenvalue weighted by molar-refractivity contribution is 8.23. The predicted molar refractivity (Wildman–Crippen MR) is 87.9 cm³/mol. The summed E-state index contributed by atoms with van der Waals surface area (Å²) in [7, 11) is 7.23. The summed E-state index contributed by atoms with van der Waals surface area (Å²) in [6.45, 7) is 0. The monoisotopic (exact) mass is 315 g/mol. The van der Waals surface area contributed by atoms with Crippen LogP contribution < -0.4 is 5.73 Å². The lowest BCUT2D eigenvalue weighted by molar-refractivity contribution is 0.241. The van der Waals surface area contributed by atoms with E-state index in [0.717, 1.165) is 25.9 Å². The Balaban J connectivity index is 2.88. The van der Waals surface area contributed by atoms with Gasteiger partial charge in [-0.05, 0) is 30.0 Å². The molecule has 0 fully saturated rings. The van der Waals surface area contributed by atoms with Crippen LogP contribution in [-0.2, 0) is 0 Å². The number of carbonyl (C=O) groups excluding carboxylic acids is 1. The molecule has 0 bridgehead atoms. The second-order valence-electron chi connectivity index (χ2n) is 4.26. The van der Waals surface area contributed by atoms with Crippen LogP contribution in [0.1, 0.15) is 0 Å². The lowest BCUT2D eigenvalue weighted by Gasteiger charge is -2.14. The number of rotatable bonds is 2. The van der Waals surface area contributed by atoms with E-state index in [1.54, 1.807) is 20.2 Å². The molecule has 0 aliphatic carbocycles. The van der Waals surface area contributed by atoms with Gasteiger partial charge in [-0.15, -0.1) is 0 Å². The molecule has 104 valence electrons. The molecule has 1 rings (SSSR count). The first-order valence-electron chi connectivity index (χ1n) is 5.48. The molecule has 19 heavy (non-hydrogen) atoms. The molecule has 0 aliphatic rings. The number of amides is 1. The highest BCUT2D eigenvalue weighted by Crippen LogP contribution is 2.30. The second kappa shape index (κ2) is 7.02. The van der Waals surface area contributed by atoms with Crippen LogP contribution in [0.2, 0.25) is 0 Å². The van der Waals surface area contributed by atoms with Crippen LogP contribution in [0.3, 0.4) is 0 Å². The molecule has 1 amide bonds. The lowest BCUT2D eigenvalue weighted by Crippen LogP contribution is -2.16. The van der Waals surface area contributed by atoms with E-state index in [9.17, 15) is 4.79 Å². The molecule has 1 aromatic carbocycles. The molecule has 0 radical (unpaired) electrons. The normalized spacial score (nSPS) is 10.1. The molecule has 4 nitrogen and oxygen atoms in total. The highest BCUT2D eigenvalue weighted by Gasteiger charge is 2.10. The summed E-state index contributed by atoms with van der Waals surface area (Å²) in [6, 6.07) is 5.56. The minimum absolute atomic E-state index is 0.0308. The minimum atomic E-state index is -0.0308. The fourth-order valence-electron chi connectivity index (χ4n) is 1.10. The Labute approximate surface area is 127 Å². The molecule has 2 N–H and O–H groups in total. The average Bonchev–Trinajstić information content (AvgIpc) is 2.27. The molecule has 1 aromatic rings. The van der Waals surface area contributed by atoms with E-state index in [2.05, 4.69) is 0 Å². The van der Waals surface area contributed by atoms with Crippen LogP contribution in [-0.4, -0.2) is 47.6 Å². The number of thioether (sulfide) groups is 2. The third kappa shape index (κ3) is 5.30. The number of hydrogen-bond donors (Lipinski definition) is 1. The van der Waals surface area contributed by atoms with Gasteiger partial charge in [-0.3, -0.25) is 4.79 Å². The van der Waals surface area contributed by atoms with Crippen molar-refractivity contribution in [2.24, 2.45) is 0 Å². The molecule has 0 saturated carbocycles. The summed E-state index contributed by atoms with van der Waals surface area (Å²) in [6.07, 6.45) is 0. The van der Waals surface area contributed by atoms with Gasteiger partial charge < -0.3 is 15.5 Å². The van der Waals surface area contributed by atoms with E-state index in [1.807, 2.05) is 31.1 Å². The maximum atomic E-state index is 11.7. The summed E-state index contributed by atoms with van der Waals surface area (Å²) in [5.74, 6) is 0. The Kier molecular flexibility index (Phi) is 5.96. The second-order valence-corrected chi connectivity index (χ2v) is 6.99. The van der Waals surface area contributed by atoms with Crippen molar-refractivity contribution in [3.05, 3.63) is 18.2 Å². The maximum absolute atomic E-state index is 11.7. The fourth-order valence-corrected chi connectivity index (χ4v) is 2.99. The van der Waals surface area contributed by atoms with Gasteiger partial charge in [0.15, 0.2) is 0 Å². The first kappa shape index (κ1) is 16.1. The van der Waals surface area contributed by atoms with Crippen LogP contribution in [0.15, 0.2) is 28.0 Å². The van der Waals surface area contributed by atoms with Gasteiger partial charge in [0, 0.05) is 43.7 Å². The Morgan fingerprint density at radius 3 is 2.05 bits per heavy atom. The van der Waals surface area contributed by atoms with Crippen LogP contribution in [0.5, 0.6) is 0 Å². The molecular weight excluding hydrogens is 298 g/mol. The standard InChI is InChI=1S/C12H17N3OS3/c1-14(2)11(16)18-9-5-8(13)6-10(7-9)19-12(17)15(3)4/h5-7H,13H2,1-4H3. The largest absolute Gasteiger partial charge is 0.399 e. The van der Waals surface area contributed by atoms with Crippen LogP contribution in [0.4, 0.5) is 10.5 Å². The van der Waals surface area contributed by atoms with Gasteiger partial charge in [-0.1, -0.05) is 24.0 Å². The molecular formula is C12H17N3OS3. The minimum Gasteiger partial charge on any atom is -0.399 e. The van der Waals surface area contributed by atoms with Crippen molar-refractivity contribution >= 4 is 51.0 Å². The molecule has 7 heteroatoms. The van der Waals surface area contributed by atoms with Gasteiger partial charge in [0.1, 0.15) is 4.32 Å². The zero-order chi connectivity index (χ0) is 14.6. The number of anilines is 1. The smallest absolute Gasteiger partial charge is 0.285 e. The zero-order valence-electron chi connectivity index (χ0n) is 11.3. The third-order valence-corrected chi connectivity index (χ3v) is 4.68. The number of benzene rings is 1. The Morgan fingerprint density at radius 2 is 1.58 bits per heavy atom. The molecule has 0 aliphatic heterocycles. The van der Waals surface area contributed by atoms with E-state index in [1.165, 1.54) is 16.7 Å². The Morgan fingerprint density at radius 1 is 1.05 bits per heavy atom. The van der Waals surface area contributed by atoms with Crippen LogP contribution >= 0.6 is 35.7 Å². The van der Waals surface area contributed by atoms with E-state index in [0.29, 0.717) is 5.69 Å². The van der Waals surface area contributed by atoms with Gasteiger partial charge >= 0.3 is 0 Å². The third-order valence-electron chi connectivity index (χ3n) is 2.04. The van der Waals surface area contributed by atoms with Gasteiger partial charge in [0.2, 0.25) is 0 Å². The Bertz CT molecular complexity index is 449. The number of carbonyl (C=O) groups is 1. The molecule has 0 spiro atoms. The first-order valence-corrected chi connectivity index (χ1v) is 7.52. The number of nitrogen functional groups attached to an aromatic ring is 1. The topological polar surface area (TPSA) is 49.6 Å². The summed E-state index contributed by atoms with van der Waals surface area (Å²) in [5.41, 5.74) is 6.48.